The van der Waals surface area contributed by atoms with Crippen molar-refractivity contribution in [3.05, 3.63) is 271 Å². The van der Waals surface area contributed by atoms with Crippen LogP contribution >= 0.6 is 0 Å². The van der Waals surface area contributed by atoms with Gasteiger partial charge in [-0.3, -0.25) is 24.9 Å². The molecule has 16 aromatic rings. The van der Waals surface area contributed by atoms with E-state index >= 15 is 0 Å². The fourth-order valence-corrected chi connectivity index (χ4v) is 19.7. The van der Waals surface area contributed by atoms with E-state index in [4.69, 9.17) is 69.4 Å². The summed E-state index contributed by atoms with van der Waals surface area (Å²) in [7, 11) is 2.05. The number of likely N-dealkylation sites (N-methyl/N-ethyl adjacent to an activating group) is 1. The number of hydrogen-bond donors (Lipinski definition) is 3. The van der Waals surface area contributed by atoms with Gasteiger partial charge >= 0.3 is 0 Å². The summed E-state index contributed by atoms with van der Waals surface area (Å²) in [5.41, 5.74) is 38.9. The Morgan fingerprint density at radius 2 is 0.653 bits per heavy atom. The summed E-state index contributed by atoms with van der Waals surface area (Å²) in [6.45, 7) is 8.90. The number of ether oxygens (including phenoxy) is 3. The maximum absolute atomic E-state index is 10.0. The number of anilines is 3. The first-order chi connectivity index (χ1) is 70.5. The van der Waals surface area contributed by atoms with Gasteiger partial charge in [-0.05, 0) is 219 Å². The number of likely N-dealkylation sites (tertiary alicyclic amines) is 1. The van der Waals surface area contributed by atoms with Gasteiger partial charge in [0.15, 0.2) is 57.6 Å². The highest BCUT2D eigenvalue weighted by molar-refractivity contribution is 5.78. The number of rotatable bonds is 25. The molecular weight excluding hydrogens is 1810 g/mol. The van der Waals surface area contributed by atoms with Crippen LogP contribution in [0.4, 0.5) is 17.5 Å². The molecule has 1 unspecified atom stereocenters. The first kappa shape index (κ1) is 95.4. The zero-order valence-electron chi connectivity index (χ0n) is 80.4. The number of piperidine rings is 1. The molecule has 3 saturated carbocycles. The third-order valence-electron chi connectivity index (χ3n) is 28.9. The van der Waals surface area contributed by atoms with Gasteiger partial charge in [-0.1, -0.05) is 137 Å². The molecule has 7 aliphatic rings. The minimum Gasteiger partial charge on any atom is -0.382 e. The lowest BCUT2D eigenvalue weighted by Crippen LogP contribution is -2.43. The fraction of sp³-hybridized carbons (Fsp3) is 0.327. The molecule has 6 N–H and O–H groups in total. The van der Waals surface area contributed by atoms with Crippen LogP contribution < -0.4 is 17.2 Å². The molecule has 4 aromatic carbocycles. The Hall–Kier alpha value is -16.2. The van der Waals surface area contributed by atoms with Crippen molar-refractivity contribution in [3.63, 3.8) is 0 Å². The molecule has 31 nitrogen and oxygen atoms in total. The Morgan fingerprint density at radius 3 is 0.972 bits per heavy atom. The lowest BCUT2D eigenvalue weighted by Gasteiger charge is -2.36. The Balaban J connectivity index is 0.000000122. The van der Waals surface area contributed by atoms with Crippen molar-refractivity contribution in [2.24, 2.45) is 17.8 Å². The summed E-state index contributed by atoms with van der Waals surface area (Å²) in [6.07, 6.45) is 33.5. The molecule has 16 heterocycles. The molecule has 724 valence electrons. The molecule has 31 heteroatoms. The van der Waals surface area contributed by atoms with E-state index in [0.29, 0.717) is 110 Å². The van der Waals surface area contributed by atoms with Crippen LogP contribution in [0.2, 0.25) is 0 Å². The number of nitrogens with zero attached hydrogens (tertiary/aromatic N) is 21. The molecular formula is C113H110N24O7. The van der Waals surface area contributed by atoms with Crippen molar-refractivity contribution in [1.29, 1.82) is 21.0 Å². The summed E-state index contributed by atoms with van der Waals surface area (Å²) >= 11 is 0. The summed E-state index contributed by atoms with van der Waals surface area (Å²) < 4.78 is 39.0. The molecule has 0 amide bonds. The lowest BCUT2D eigenvalue weighted by molar-refractivity contribution is 0.184. The summed E-state index contributed by atoms with van der Waals surface area (Å²) in [5, 5.41) is 56.1. The van der Waals surface area contributed by atoms with Crippen LogP contribution in [0, 0.1) is 70.0 Å². The topological polar surface area (TPSA) is 463 Å². The van der Waals surface area contributed by atoms with Gasteiger partial charge in [-0.2, -0.15) is 21.0 Å². The van der Waals surface area contributed by atoms with Crippen LogP contribution in [-0.4, -0.2) is 145 Å². The SMILES string of the molecule is Cc1ncc(-c2ccnc(C3(C#N)CCCN(C)C3)c2)nc1-c1cc(-c2ccccc2)no1.N#CC1(c2cc(-c3cnc(N)c(-c4cc(-c5ccc(CC[C@H]6CCOC6)cc5)no4)n3)ccn2)CC1.N#CC1(c2cc(-c3cnc(N)c(-c4cc(-c5ccc(CC[C@H]6CCOC6)cc5)no4)n3)ccn2)CCC1.N#CC1(c2cc(-c3cnc(N)c(-c4cc(-c5ccc(CC[C@H]6CCOC6)cc5)no4)n3)ccn2)CCCC1.[HH]. The van der Waals surface area contributed by atoms with E-state index in [9.17, 15) is 21.0 Å². The van der Waals surface area contributed by atoms with E-state index < -0.39 is 21.7 Å². The van der Waals surface area contributed by atoms with Gasteiger partial charge in [0, 0.05) is 141 Å². The number of aromatic nitrogens is 16. The second kappa shape index (κ2) is 42.7. The van der Waals surface area contributed by atoms with Gasteiger partial charge < -0.3 is 54.4 Å². The van der Waals surface area contributed by atoms with E-state index in [1.165, 1.54) is 16.7 Å². The number of nitrogen functional groups attached to an aromatic ring is 3. The van der Waals surface area contributed by atoms with Crippen molar-refractivity contribution in [3.8, 4) is 160 Å². The molecule has 12 aromatic heterocycles. The fourth-order valence-electron chi connectivity index (χ4n) is 19.7. The highest BCUT2D eigenvalue weighted by Crippen LogP contribution is 2.49. The quantitative estimate of drug-likeness (QED) is 0.0478. The number of pyridine rings is 4. The monoisotopic (exact) mass is 1910 g/mol. The minimum absolute atomic E-state index is 0. The summed E-state index contributed by atoms with van der Waals surface area (Å²) in [4.78, 5) is 56.9. The van der Waals surface area contributed by atoms with Crippen molar-refractivity contribution < 1.29 is 33.7 Å². The molecule has 3 aliphatic carbocycles. The average Bonchev–Trinajstić information content (AvgIpc) is 1.59. The smallest absolute Gasteiger partial charge is 0.189 e. The first-order valence-electron chi connectivity index (χ1n) is 49.4. The zero-order chi connectivity index (χ0) is 98.6. The molecule has 4 saturated heterocycles. The molecule has 4 aliphatic heterocycles. The molecule has 0 bridgehead atoms. The normalized spacial score (nSPS) is 18.4. The van der Waals surface area contributed by atoms with Crippen molar-refractivity contribution >= 4 is 17.5 Å². The lowest BCUT2D eigenvalue weighted by atomic mass is 9.67. The summed E-state index contributed by atoms with van der Waals surface area (Å²) in [6, 6.07) is 67.7. The zero-order valence-corrected chi connectivity index (χ0v) is 80.4. The largest absolute Gasteiger partial charge is 0.382 e. The van der Waals surface area contributed by atoms with Crippen LogP contribution in [-0.2, 0) is 55.1 Å². The van der Waals surface area contributed by atoms with Crippen LogP contribution in [0.5, 0.6) is 0 Å². The van der Waals surface area contributed by atoms with Gasteiger partial charge in [0.1, 0.15) is 33.9 Å². The third kappa shape index (κ3) is 21.2. The van der Waals surface area contributed by atoms with Gasteiger partial charge in [-0.15, -0.1) is 0 Å². The second-order valence-corrected chi connectivity index (χ2v) is 38.6. The maximum Gasteiger partial charge on any atom is 0.189 e. The van der Waals surface area contributed by atoms with Crippen LogP contribution in [0.3, 0.4) is 0 Å². The Labute approximate surface area is 835 Å². The predicted molar refractivity (Wildman–Crippen MR) is 544 cm³/mol. The van der Waals surface area contributed by atoms with Crippen LogP contribution in [0.15, 0.2) is 244 Å². The van der Waals surface area contributed by atoms with Crippen LogP contribution in [0.1, 0.15) is 156 Å². The standard InChI is InChI=1S/C30H30N6O2.C29H28N6O2.C28H26N6O2.C26H24N6O.H2/c31-19-30(11-1-2-12-30)27-15-23(9-13-33-27)25-17-34-29(32)28(35-25)26-16-24(36-38-26)22-7-5-20(6-8-22)3-4-21-10-14-37-18-21;30-18-29(10-1-11-29)26-14-22(8-12-32-26)24-16-33-28(31)27(34-24)25-15-23(35-37-25)21-6-4-19(5-7-21)2-3-20-9-13-36-17-20;29-17-28(9-10-28)25-13-21(7-11-31-25)23-15-32-27(30)26(33-23)24-14-22(34-36-24)20-5-3-18(4-6-20)1-2-19-8-12-35-16-19;1-18-25(23-14-21(31-33-23)19-7-4-3-5-8-19)30-22(15-29-18)20-9-11-28-24(13-20)26(16-27)10-6-12-32(2)17-26;/h5-9,13,15-17,21H,1-4,10-12,14,18H2,(H2,32,34);4-8,12,14-16,20H,1-3,9-11,13,17H2,(H2,31,33);3-7,11,13-15,19H,1-2,8-10,12,16H2,(H2,30,32);3-5,7-9,11,13-15H,6,10,12,17H2,1-2H3;1H/t21-;20-;19-;;/m000../s1. The van der Waals surface area contributed by atoms with Gasteiger partial charge in [-0.25, -0.2) is 34.9 Å². The molecule has 0 radical (unpaired) electrons. The van der Waals surface area contributed by atoms with Crippen molar-refractivity contribution in [2.45, 2.75) is 157 Å². The minimum atomic E-state index is -0.612. The van der Waals surface area contributed by atoms with E-state index in [2.05, 4.69) is 162 Å². The maximum atomic E-state index is 10.0. The van der Waals surface area contributed by atoms with E-state index in [-0.39, 0.29) is 18.9 Å². The van der Waals surface area contributed by atoms with E-state index in [0.717, 1.165) is 253 Å². The molecule has 23 rings (SSSR count). The second-order valence-electron chi connectivity index (χ2n) is 38.6. The Morgan fingerprint density at radius 1 is 0.340 bits per heavy atom. The predicted octanol–water partition coefficient (Wildman–Crippen LogP) is 21.0. The number of benzene rings is 4. The average molecular weight is 1920 g/mol. The number of nitriles is 4. The number of aryl methyl sites for hydroxylation is 4. The highest BCUT2D eigenvalue weighted by atomic mass is 16.5. The van der Waals surface area contributed by atoms with Crippen LogP contribution in [0.25, 0.3) is 136 Å². The third-order valence-corrected chi connectivity index (χ3v) is 28.9. The highest BCUT2D eigenvalue weighted by Gasteiger charge is 2.47. The Bertz CT molecular complexity index is 7420. The Kier molecular flexibility index (Phi) is 28.3. The molecule has 0 spiro atoms. The summed E-state index contributed by atoms with van der Waals surface area (Å²) in [5.74, 6) is 4.73. The molecule has 7 fully saturated rings. The molecule has 4 atom stereocenters. The van der Waals surface area contributed by atoms with E-state index in [1.807, 2.05) is 117 Å². The van der Waals surface area contributed by atoms with Gasteiger partial charge in [0.05, 0.1) is 117 Å². The van der Waals surface area contributed by atoms with Crippen molar-refractivity contribution in [1.82, 2.24) is 85.3 Å². The van der Waals surface area contributed by atoms with E-state index in [1.54, 1.807) is 49.6 Å². The number of hydrogen-bond acceptors (Lipinski definition) is 31. The van der Waals surface area contributed by atoms with Gasteiger partial charge in [0.2, 0.25) is 0 Å². The molecule has 144 heavy (non-hydrogen) atoms. The number of nitrogens with two attached hydrogens (primary N) is 3. The van der Waals surface area contributed by atoms with Gasteiger partial charge in [0.25, 0.3) is 0 Å². The van der Waals surface area contributed by atoms with Crippen molar-refractivity contribution in [2.75, 3.05) is 77.0 Å². The first-order valence-corrected chi connectivity index (χ1v) is 49.4.